The van der Waals surface area contributed by atoms with E-state index >= 15 is 0 Å². The molecule has 13 heavy (non-hydrogen) atoms. The highest BCUT2D eigenvalue weighted by Gasteiger charge is 2.11. The zero-order valence-electron chi connectivity index (χ0n) is 8.03. The molecule has 0 unspecified atom stereocenters. The first-order valence-corrected chi connectivity index (χ1v) is 5.28. The molecule has 0 saturated heterocycles. The third-order valence-corrected chi connectivity index (χ3v) is 2.67. The average Bonchev–Trinajstić information content (AvgIpc) is 2.44. The van der Waals surface area contributed by atoms with E-state index in [1.165, 1.54) is 0 Å². The van der Waals surface area contributed by atoms with E-state index in [1.54, 1.807) is 17.8 Å². The van der Waals surface area contributed by atoms with Gasteiger partial charge < -0.3 is 9.30 Å². The Morgan fingerprint density at radius 2 is 2.38 bits per heavy atom. The summed E-state index contributed by atoms with van der Waals surface area (Å²) in [5.74, 6) is 0.744. The number of carbonyl (C=O) groups excluding carboxylic acids is 1. The molecule has 0 aromatic carbocycles. The van der Waals surface area contributed by atoms with Crippen LogP contribution < -0.4 is 4.74 Å². The molecule has 0 atom stereocenters. The van der Waals surface area contributed by atoms with Gasteiger partial charge in [0, 0.05) is 18.7 Å². The van der Waals surface area contributed by atoms with Crippen LogP contribution >= 0.6 is 11.8 Å². The first kappa shape index (κ1) is 10.2. The Labute approximate surface area is 82.1 Å². The summed E-state index contributed by atoms with van der Waals surface area (Å²) in [6, 6.07) is 1.77. The van der Waals surface area contributed by atoms with Crippen LogP contribution in [0.3, 0.4) is 0 Å². The Morgan fingerprint density at radius 3 is 2.77 bits per heavy atom. The summed E-state index contributed by atoms with van der Waals surface area (Å²) in [4.78, 5) is 10.7. The Hall–Kier alpha value is -0.900. The zero-order valence-corrected chi connectivity index (χ0v) is 8.85. The highest BCUT2D eigenvalue weighted by Crippen LogP contribution is 2.26. The van der Waals surface area contributed by atoms with E-state index in [9.17, 15) is 4.79 Å². The molecule has 0 aliphatic heterocycles. The molecule has 3 nitrogen and oxygen atoms in total. The Bertz CT molecular complexity index is 307. The highest BCUT2D eigenvalue weighted by molar-refractivity contribution is 7.98. The number of aldehydes is 1. The number of aromatic nitrogens is 1. The number of rotatable bonds is 4. The fourth-order valence-electron chi connectivity index (χ4n) is 1.21. The topological polar surface area (TPSA) is 31.2 Å². The summed E-state index contributed by atoms with van der Waals surface area (Å²) in [5, 5.41) is 0.943. The minimum Gasteiger partial charge on any atom is -0.479 e. The maximum absolute atomic E-state index is 10.7. The van der Waals surface area contributed by atoms with Crippen molar-refractivity contribution in [1.82, 2.24) is 4.57 Å². The molecule has 4 heteroatoms. The van der Waals surface area contributed by atoms with Crippen molar-refractivity contribution in [2.45, 2.75) is 11.9 Å². The monoisotopic (exact) mass is 199 g/mol. The van der Waals surface area contributed by atoms with Crippen molar-refractivity contribution < 1.29 is 9.53 Å². The Balaban J connectivity index is 3.10. The van der Waals surface area contributed by atoms with Gasteiger partial charge in [0.1, 0.15) is 0 Å². The van der Waals surface area contributed by atoms with Gasteiger partial charge in [-0.3, -0.25) is 4.79 Å². The van der Waals surface area contributed by atoms with Gasteiger partial charge in [-0.25, -0.2) is 0 Å². The third kappa shape index (κ3) is 1.88. The molecule has 0 saturated carbocycles. The maximum Gasteiger partial charge on any atom is 0.194 e. The number of ether oxygens (including phenoxy) is 1. The smallest absolute Gasteiger partial charge is 0.194 e. The standard InChI is InChI=1S/C9H13NO2S/c1-4-12-8-5-7(6-11)9(13-3)10(8)2/h5-6H,4H2,1-3H3. The van der Waals surface area contributed by atoms with Crippen LogP contribution in [0, 0.1) is 0 Å². The molecular formula is C9H13NO2S. The van der Waals surface area contributed by atoms with Gasteiger partial charge in [-0.15, -0.1) is 11.8 Å². The summed E-state index contributed by atoms with van der Waals surface area (Å²) in [6.45, 7) is 2.54. The summed E-state index contributed by atoms with van der Waals surface area (Å²) < 4.78 is 7.24. The van der Waals surface area contributed by atoms with E-state index in [2.05, 4.69) is 0 Å². The average molecular weight is 199 g/mol. The molecule has 0 aliphatic rings. The first-order valence-electron chi connectivity index (χ1n) is 4.06. The molecule has 0 N–H and O–H groups in total. The minimum absolute atomic E-state index is 0.615. The number of thioether (sulfide) groups is 1. The van der Waals surface area contributed by atoms with Gasteiger partial charge in [-0.1, -0.05) is 0 Å². The van der Waals surface area contributed by atoms with E-state index in [0.717, 1.165) is 17.2 Å². The van der Waals surface area contributed by atoms with E-state index in [0.29, 0.717) is 12.2 Å². The molecule has 72 valence electrons. The van der Waals surface area contributed by atoms with Gasteiger partial charge in [0.05, 0.1) is 11.6 Å². The van der Waals surface area contributed by atoms with Crippen LogP contribution in [0.4, 0.5) is 0 Å². The van der Waals surface area contributed by atoms with Crippen molar-refractivity contribution >= 4 is 18.0 Å². The second-order valence-corrected chi connectivity index (χ2v) is 3.35. The van der Waals surface area contributed by atoms with E-state index < -0.39 is 0 Å². The van der Waals surface area contributed by atoms with Crippen molar-refractivity contribution in [3.8, 4) is 5.88 Å². The fourth-order valence-corrected chi connectivity index (χ4v) is 1.92. The summed E-state index contributed by atoms with van der Waals surface area (Å²) in [7, 11) is 1.89. The van der Waals surface area contributed by atoms with Crippen LogP contribution in [0.5, 0.6) is 5.88 Å². The van der Waals surface area contributed by atoms with Gasteiger partial charge in [-0.05, 0) is 13.2 Å². The summed E-state index contributed by atoms with van der Waals surface area (Å²) in [5.41, 5.74) is 0.693. The van der Waals surface area contributed by atoms with Crippen molar-refractivity contribution in [1.29, 1.82) is 0 Å². The molecule has 1 heterocycles. The van der Waals surface area contributed by atoms with Gasteiger partial charge in [-0.2, -0.15) is 0 Å². The third-order valence-electron chi connectivity index (χ3n) is 1.77. The summed E-state index contributed by atoms with van der Waals surface area (Å²) in [6.07, 6.45) is 2.80. The predicted molar refractivity (Wildman–Crippen MR) is 53.8 cm³/mol. The molecular weight excluding hydrogens is 186 g/mol. The molecule has 0 radical (unpaired) electrons. The van der Waals surface area contributed by atoms with Crippen LogP contribution in [0.1, 0.15) is 17.3 Å². The lowest BCUT2D eigenvalue weighted by molar-refractivity contribution is 0.112. The molecule has 0 spiro atoms. The summed E-state index contributed by atoms with van der Waals surface area (Å²) >= 11 is 1.55. The van der Waals surface area contributed by atoms with Crippen LogP contribution in [0.2, 0.25) is 0 Å². The fraction of sp³-hybridized carbons (Fsp3) is 0.444. The lowest BCUT2D eigenvalue weighted by atomic mass is 10.4. The quantitative estimate of drug-likeness (QED) is 0.548. The van der Waals surface area contributed by atoms with E-state index in [4.69, 9.17) is 4.74 Å². The minimum atomic E-state index is 0.615. The van der Waals surface area contributed by atoms with Crippen molar-refractivity contribution in [3.63, 3.8) is 0 Å². The molecule has 1 rings (SSSR count). The van der Waals surface area contributed by atoms with Crippen LogP contribution in [0.25, 0.3) is 0 Å². The van der Waals surface area contributed by atoms with Crippen LogP contribution in [-0.4, -0.2) is 23.7 Å². The Morgan fingerprint density at radius 1 is 1.69 bits per heavy atom. The molecule has 0 fully saturated rings. The predicted octanol–water partition coefficient (Wildman–Crippen LogP) is 1.96. The molecule has 0 amide bonds. The second kappa shape index (κ2) is 4.37. The molecule has 0 bridgehead atoms. The zero-order chi connectivity index (χ0) is 9.84. The first-order chi connectivity index (χ1) is 6.24. The van der Waals surface area contributed by atoms with Crippen LogP contribution in [0.15, 0.2) is 11.1 Å². The van der Waals surface area contributed by atoms with Crippen molar-refractivity contribution in [3.05, 3.63) is 11.6 Å². The number of hydrogen-bond acceptors (Lipinski definition) is 3. The lowest BCUT2D eigenvalue weighted by Crippen LogP contribution is -1.98. The van der Waals surface area contributed by atoms with E-state index in [1.807, 2.05) is 24.8 Å². The van der Waals surface area contributed by atoms with Crippen molar-refractivity contribution in [2.24, 2.45) is 7.05 Å². The van der Waals surface area contributed by atoms with E-state index in [-0.39, 0.29) is 0 Å². The molecule has 0 aliphatic carbocycles. The largest absolute Gasteiger partial charge is 0.479 e. The molecule has 1 aromatic heterocycles. The number of carbonyl (C=O) groups is 1. The molecule has 1 aromatic rings. The maximum atomic E-state index is 10.7. The lowest BCUT2D eigenvalue weighted by Gasteiger charge is -2.05. The van der Waals surface area contributed by atoms with Crippen molar-refractivity contribution in [2.75, 3.05) is 12.9 Å². The Kier molecular flexibility index (Phi) is 3.42. The van der Waals surface area contributed by atoms with Gasteiger partial charge in [0.15, 0.2) is 12.2 Å². The SMILES string of the molecule is CCOc1cc(C=O)c(SC)n1C. The number of hydrogen-bond donors (Lipinski definition) is 0. The van der Waals surface area contributed by atoms with Gasteiger partial charge >= 0.3 is 0 Å². The highest BCUT2D eigenvalue weighted by atomic mass is 32.2. The van der Waals surface area contributed by atoms with Crippen LogP contribution in [-0.2, 0) is 7.05 Å². The normalized spacial score (nSPS) is 10.1. The van der Waals surface area contributed by atoms with Gasteiger partial charge in [0.25, 0.3) is 0 Å². The number of nitrogens with zero attached hydrogens (tertiary/aromatic N) is 1. The van der Waals surface area contributed by atoms with Gasteiger partial charge in [0.2, 0.25) is 0 Å². The second-order valence-electron chi connectivity index (χ2n) is 2.56.